The van der Waals surface area contributed by atoms with E-state index in [1.807, 2.05) is 6.92 Å². The molecule has 7 nitrogen and oxygen atoms in total. The number of hydrogen-bond donors (Lipinski definition) is 0. The molecular formula is C20H19ClN2O5. The SMILES string of the molecule is CCOc1ccc(OCCC(=O)OCc2cc(=O)n3cc(Cl)ccc3n2)cc1. The Balaban J connectivity index is 1.48. The number of carbonyl (C=O) groups excluding carboxylic acids is 1. The highest BCUT2D eigenvalue weighted by atomic mass is 35.5. The van der Waals surface area contributed by atoms with Gasteiger partial charge in [0.25, 0.3) is 5.56 Å². The van der Waals surface area contributed by atoms with E-state index in [0.29, 0.717) is 28.7 Å². The molecule has 28 heavy (non-hydrogen) atoms. The highest BCUT2D eigenvalue weighted by Crippen LogP contribution is 2.17. The van der Waals surface area contributed by atoms with Gasteiger partial charge in [-0.1, -0.05) is 11.6 Å². The summed E-state index contributed by atoms with van der Waals surface area (Å²) in [5, 5.41) is 0.433. The standard InChI is InChI=1S/C20H19ClN2O5/c1-2-26-16-4-6-17(7-5-16)27-10-9-20(25)28-13-15-11-19(24)23-12-14(21)3-8-18(23)22-15/h3-8,11-12H,2,9-10,13H2,1H3. The van der Waals surface area contributed by atoms with Crippen LogP contribution in [0.25, 0.3) is 5.65 Å². The van der Waals surface area contributed by atoms with Crippen molar-refractivity contribution in [1.82, 2.24) is 9.38 Å². The topological polar surface area (TPSA) is 79.1 Å². The van der Waals surface area contributed by atoms with Gasteiger partial charge in [0.2, 0.25) is 0 Å². The smallest absolute Gasteiger partial charge is 0.309 e. The van der Waals surface area contributed by atoms with Crippen LogP contribution in [0.15, 0.2) is 53.5 Å². The highest BCUT2D eigenvalue weighted by molar-refractivity contribution is 6.30. The third-order valence-electron chi connectivity index (χ3n) is 3.77. The fraction of sp³-hybridized carbons (Fsp3) is 0.250. The lowest BCUT2D eigenvalue weighted by atomic mass is 10.3. The van der Waals surface area contributed by atoms with E-state index in [1.165, 1.54) is 16.7 Å². The van der Waals surface area contributed by atoms with Crippen LogP contribution in [0, 0.1) is 0 Å². The lowest BCUT2D eigenvalue weighted by molar-refractivity contribution is -0.145. The van der Waals surface area contributed by atoms with Crippen LogP contribution in [0.5, 0.6) is 11.5 Å². The number of hydrogen-bond acceptors (Lipinski definition) is 6. The first-order valence-corrected chi connectivity index (χ1v) is 9.12. The molecule has 3 rings (SSSR count). The number of aromatic nitrogens is 2. The number of benzene rings is 1. The van der Waals surface area contributed by atoms with Crippen molar-refractivity contribution in [3.63, 3.8) is 0 Å². The van der Waals surface area contributed by atoms with Crippen molar-refractivity contribution >= 4 is 23.2 Å². The van der Waals surface area contributed by atoms with Crippen molar-refractivity contribution in [2.45, 2.75) is 20.0 Å². The van der Waals surface area contributed by atoms with E-state index in [4.69, 9.17) is 25.8 Å². The van der Waals surface area contributed by atoms with Crippen molar-refractivity contribution in [2.75, 3.05) is 13.2 Å². The zero-order valence-electron chi connectivity index (χ0n) is 15.3. The van der Waals surface area contributed by atoms with Crippen LogP contribution in [-0.4, -0.2) is 28.6 Å². The number of fused-ring (bicyclic) bond motifs is 1. The minimum absolute atomic E-state index is 0.0788. The molecule has 1 aromatic carbocycles. The molecule has 0 amide bonds. The second-order valence-electron chi connectivity index (χ2n) is 5.82. The number of carbonyl (C=O) groups is 1. The van der Waals surface area contributed by atoms with Crippen molar-refractivity contribution in [1.29, 1.82) is 0 Å². The Labute approximate surface area is 166 Å². The predicted octanol–water partition coefficient (Wildman–Crippen LogP) is 3.26. The second kappa shape index (κ2) is 9.23. The van der Waals surface area contributed by atoms with Crippen molar-refractivity contribution in [2.24, 2.45) is 0 Å². The van der Waals surface area contributed by atoms with E-state index in [1.54, 1.807) is 36.4 Å². The molecule has 0 spiro atoms. The minimum Gasteiger partial charge on any atom is -0.494 e. The molecule has 0 bridgehead atoms. The predicted molar refractivity (Wildman–Crippen MR) is 104 cm³/mol. The molecule has 146 valence electrons. The van der Waals surface area contributed by atoms with Crippen LogP contribution >= 0.6 is 11.6 Å². The summed E-state index contributed by atoms with van der Waals surface area (Å²) in [7, 11) is 0. The van der Waals surface area contributed by atoms with Gasteiger partial charge in [0.05, 0.1) is 30.4 Å². The number of ether oxygens (including phenoxy) is 3. The van der Waals surface area contributed by atoms with Crippen LogP contribution in [0.3, 0.4) is 0 Å². The maximum absolute atomic E-state index is 12.1. The van der Waals surface area contributed by atoms with Crippen LogP contribution < -0.4 is 15.0 Å². The van der Waals surface area contributed by atoms with Crippen LogP contribution in [0.1, 0.15) is 19.0 Å². The van der Waals surface area contributed by atoms with Gasteiger partial charge >= 0.3 is 5.97 Å². The summed E-state index contributed by atoms with van der Waals surface area (Å²) in [5.41, 5.74) is 0.507. The molecule has 3 aromatic rings. The first-order chi connectivity index (χ1) is 13.5. The normalized spacial score (nSPS) is 10.6. The van der Waals surface area contributed by atoms with Crippen molar-refractivity contribution < 1.29 is 19.0 Å². The Morgan fingerprint density at radius 1 is 1.11 bits per heavy atom. The summed E-state index contributed by atoms with van der Waals surface area (Å²) >= 11 is 5.87. The maximum atomic E-state index is 12.1. The molecule has 0 aliphatic heterocycles. The van der Waals surface area contributed by atoms with Gasteiger partial charge < -0.3 is 14.2 Å². The Hall–Kier alpha value is -3.06. The summed E-state index contributed by atoms with van der Waals surface area (Å²) < 4.78 is 17.4. The van der Waals surface area contributed by atoms with E-state index in [0.717, 1.165) is 5.75 Å². The molecule has 0 fully saturated rings. The number of esters is 1. The van der Waals surface area contributed by atoms with Gasteiger partial charge in [-0.2, -0.15) is 0 Å². The number of pyridine rings is 1. The van der Waals surface area contributed by atoms with Gasteiger partial charge in [-0.15, -0.1) is 0 Å². The Morgan fingerprint density at radius 2 is 1.82 bits per heavy atom. The Bertz CT molecular complexity index is 1020. The summed E-state index contributed by atoms with van der Waals surface area (Å²) in [5.74, 6) is 0.957. The van der Waals surface area contributed by atoms with Gasteiger partial charge in [-0.25, -0.2) is 4.98 Å². The van der Waals surface area contributed by atoms with Gasteiger partial charge in [0, 0.05) is 12.3 Å². The number of rotatable bonds is 8. The monoisotopic (exact) mass is 402 g/mol. The molecule has 0 saturated heterocycles. The van der Waals surface area contributed by atoms with Crippen molar-refractivity contribution in [3.8, 4) is 11.5 Å². The lowest BCUT2D eigenvalue weighted by Crippen LogP contribution is -2.17. The highest BCUT2D eigenvalue weighted by Gasteiger charge is 2.08. The molecule has 0 radical (unpaired) electrons. The molecule has 2 aromatic heterocycles. The average Bonchev–Trinajstić information content (AvgIpc) is 2.68. The third-order valence-corrected chi connectivity index (χ3v) is 3.99. The molecule has 0 unspecified atom stereocenters. The summed E-state index contributed by atoms with van der Waals surface area (Å²) in [4.78, 5) is 28.3. The number of halogens is 1. The van der Waals surface area contributed by atoms with Crippen molar-refractivity contribution in [3.05, 3.63) is 69.7 Å². The largest absolute Gasteiger partial charge is 0.494 e. The van der Waals surface area contributed by atoms with Crippen LogP contribution in [-0.2, 0) is 16.1 Å². The maximum Gasteiger partial charge on any atom is 0.309 e. The third kappa shape index (κ3) is 5.23. The van der Waals surface area contributed by atoms with E-state index < -0.39 is 5.97 Å². The minimum atomic E-state index is -0.441. The van der Waals surface area contributed by atoms with Gasteiger partial charge in [0.1, 0.15) is 23.8 Å². The zero-order chi connectivity index (χ0) is 19.9. The van der Waals surface area contributed by atoms with E-state index in [-0.39, 0.29) is 25.2 Å². The van der Waals surface area contributed by atoms with E-state index in [2.05, 4.69) is 4.98 Å². The van der Waals surface area contributed by atoms with Gasteiger partial charge in [-0.3, -0.25) is 14.0 Å². The molecule has 2 heterocycles. The Morgan fingerprint density at radius 3 is 2.54 bits per heavy atom. The number of nitrogens with zero attached hydrogens (tertiary/aromatic N) is 2. The Kier molecular flexibility index (Phi) is 6.49. The average molecular weight is 403 g/mol. The fourth-order valence-corrected chi connectivity index (χ4v) is 2.64. The lowest BCUT2D eigenvalue weighted by Gasteiger charge is -2.08. The molecular weight excluding hydrogens is 384 g/mol. The van der Waals surface area contributed by atoms with Crippen LogP contribution in [0.2, 0.25) is 5.02 Å². The fourth-order valence-electron chi connectivity index (χ4n) is 2.48. The van der Waals surface area contributed by atoms with Gasteiger partial charge in [0.15, 0.2) is 0 Å². The molecule has 0 aliphatic carbocycles. The van der Waals surface area contributed by atoms with E-state index in [9.17, 15) is 9.59 Å². The quantitative estimate of drug-likeness (QED) is 0.538. The molecule has 0 saturated carbocycles. The molecule has 0 N–H and O–H groups in total. The molecule has 8 heteroatoms. The van der Waals surface area contributed by atoms with E-state index >= 15 is 0 Å². The summed E-state index contributed by atoms with van der Waals surface area (Å²) in [6.45, 7) is 2.60. The van der Waals surface area contributed by atoms with Crippen LogP contribution in [0.4, 0.5) is 0 Å². The first kappa shape index (κ1) is 19.7. The first-order valence-electron chi connectivity index (χ1n) is 8.74. The summed E-state index contributed by atoms with van der Waals surface area (Å²) in [6.07, 6.45) is 1.57. The molecule has 0 atom stereocenters. The van der Waals surface area contributed by atoms with Gasteiger partial charge in [-0.05, 0) is 43.3 Å². The summed E-state index contributed by atoms with van der Waals surface area (Å²) in [6, 6.07) is 11.7. The second-order valence-corrected chi connectivity index (χ2v) is 6.26. The zero-order valence-corrected chi connectivity index (χ0v) is 16.0. The molecule has 0 aliphatic rings.